The van der Waals surface area contributed by atoms with Crippen molar-refractivity contribution >= 4 is 21.4 Å². The molecular weight excluding hydrogens is 290 g/mol. The maximum absolute atomic E-state index is 12.3. The van der Waals surface area contributed by atoms with E-state index in [-0.39, 0.29) is 4.90 Å². The van der Waals surface area contributed by atoms with Gasteiger partial charge in [0.05, 0.1) is 5.69 Å². The number of H-pyrrole nitrogens is 1. The van der Waals surface area contributed by atoms with Gasteiger partial charge in [0.2, 0.25) is 5.43 Å². The van der Waals surface area contributed by atoms with E-state index in [1.54, 1.807) is 19.1 Å². The van der Waals surface area contributed by atoms with Crippen molar-refractivity contribution in [3.05, 3.63) is 52.4 Å². The van der Waals surface area contributed by atoms with E-state index in [2.05, 4.69) is 9.71 Å². The number of nitrogens with zero attached hydrogens (tertiary/aromatic N) is 1. The molecule has 1 heterocycles. The molecule has 0 saturated heterocycles. The summed E-state index contributed by atoms with van der Waals surface area (Å²) >= 11 is 0. The third kappa shape index (κ3) is 3.25. The molecule has 0 fully saturated rings. The van der Waals surface area contributed by atoms with Gasteiger partial charge in [0.15, 0.2) is 4.90 Å². The average molecular weight is 307 g/mol. The predicted octanol–water partition coefficient (Wildman–Crippen LogP) is 1.55. The van der Waals surface area contributed by atoms with Crippen LogP contribution in [0, 0.1) is 6.92 Å². The third-order valence-electron chi connectivity index (χ3n) is 3.05. The minimum atomic E-state index is -3.91. The van der Waals surface area contributed by atoms with E-state index in [0.717, 1.165) is 11.3 Å². The van der Waals surface area contributed by atoms with Gasteiger partial charge in [-0.2, -0.15) is 0 Å². The predicted molar refractivity (Wildman–Crippen MR) is 83.4 cm³/mol. The van der Waals surface area contributed by atoms with Crippen LogP contribution in [0.15, 0.2) is 46.3 Å². The van der Waals surface area contributed by atoms with Crippen LogP contribution in [0.2, 0.25) is 0 Å². The van der Waals surface area contributed by atoms with Crippen LogP contribution in [0.1, 0.15) is 5.56 Å². The lowest BCUT2D eigenvalue weighted by Gasteiger charge is -2.16. The first-order valence-electron chi connectivity index (χ1n) is 6.29. The Morgan fingerprint density at radius 2 is 1.90 bits per heavy atom. The summed E-state index contributed by atoms with van der Waals surface area (Å²) in [6, 6.07) is 6.53. The standard InChI is InChI=1S/C14H17N3O3S/c1-10-8-11(17(2)3)4-5-12(10)16-21(19,20)14-9-15-7-6-13(14)18/h4-9,16H,1-3H3,(H,15,18). The molecule has 2 N–H and O–H groups in total. The number of aryl methyl sites for hydroxylation is 1. The number of pyridine rings is 1. The number of benzene rings is 1. The third-order valence-corrected chi connectivity index (χ3v) is 4.44. The van der Waals surface area contributed by atoms with Gasteiger partial charge < -0.3 is 9.88 Å². The highest BCUT2D eigenvalue weighted by molar-refractivity contribution is 7.92. The van der Waals surface area contributed by atoms with Gasteiger partial charge in [0.25, 0.3) is 10.0 Å². The molecule has 1 aromatic heterocycles. The number of sulfonamides is 1. The molecule has 0 aliphatic carbocycles. The Kier molecular flexibility index (Phi) is 4.04. The zero-order valence-corrected chi connectivity index (χ0v) is 12.9. The normalized spacial score (nSPS) is 11.2. The maximum atomic E-state index is 12.3. The van der Waals surface area contributed by atoms with Crippen molar-refractivity contribution in [1.29, 1.82) is 0 Å². The van der Waals surface area contributed by atoms with Gasteiger partial charge in [-0.05, 0) is 30.7 Å². The Hall–Kier alpha value is -2.28. The van der Waals surface area contributed by atoms with E-state index in [9.17, 15) is 13.2 Å². The fourth-order valence-corrected chi connectivity index (χ4v) is 3.04. The number of hydrogen-bond donors (Lipinski definition) is 2. The van der Waals surface area contributed by atoms with Crippen LogP contribution in [-0.4, -0.2) is 27.5 Å². The summed E-state index contributed by atoms with van der Waals surface area (Å²) in [4.78, 5) is 15.9. The first-order chi connectivity index (χ1) is 9.81. The zero-order valence-electron chi connectivity index (χ0n) is 12.0. The zero-order chi connectivity index (χ0) is 15.6. The van der Waals surface area contributed by atoms with Crippen LogP contribution >= 0.6 is 0 Å². The van der Waals surface area contributed by atoms with E-state index in [1.807, 2.05) is 25.1 Å². The number of rotatable bonds is 4. The highest BCUT2D eigenvalue weighted by Crippen LogP contribution is 2.23. The van der Waals surface area contributed by atoms with Gasteiger partial charge in [-0.15, -0.1) is 0 Å². The SMILES string of the molecule is Cc1cc(N(C)C)ccc1NS(=O)(=O)c1c[nH]ccc1=O. The molecule has 1 aromatic carbocycles. The summed E-state index contributed by atoms with van der Waals surface area (Å²) in [5.41, 5.74) is 1.64. The van der Waals surface area contributed by atoms with Crippen LogP contribution in [0.25, 0.3) is 0 Å². The molecule has 0 atom stereocenters. The second-order valence-electron chi connectivity index (χ2n) is 4.87. The van der Waals surface area contributed by atoms with Crippen molar-refractivity contribution in [2.24, 2.45) is 0 Å². The highest BCUT2D eigenvalue weighted by Gasteiger charge is 2.18. The Bertz CT molecular complexity index is 810. The van der Waals surface area contributed by atoms with Crippen molar-refractivity contribution in [3.8, 4) is 0 Å². The number of nitrogens with one attached hydrogen (secondary N) is 2. The van der Waals surface area contributed by atoms with Crippen LogP contribution in [0.4, 0.5) is 11.4 Å². The Balaban J connectivity index is 2.38. The summed E-state index contributed by atoms with van der Waals surface area (Å²) in [5.74, 6) is 0. The molecule has 2 aromatic rings. The summed E-state index contributed by atoms with van der Waals surface area (Å²) < 4.78 is 26.9. The summed E-state index contributed by atoms with van der Waals surface area (Å²) in [6.45, 7) is 1.81. The smallest absolute Gasteiger partial charge is 0.267 e. The molecule has 6 nitrogen and oxygen atoms in total. The number of hydrogen-bond acceptors (Lipinski definition) is 4. The maximum Gasteiger partial charge on any atom is 0.267 e. The summed E-state index contributed by atoms with van der Waals surface area (Å²) in [7, 11) is -0.0972. The molecule has 0 spiro atoms. The molecule has 7 heteroatoms. The number of anilines is 2. The molecule has 0 bridgehead atoms. The number of aromatic nitrogens is 1. The van der Waals surface area contributed by atoms with Gasteiger partial charge in [-0.3, -0.25) is 9.52 Å². The van der Waals surface area contributed by atoms with Crippen molar-refractivity contribution in [2.45, 2.75) is 11.8 Å². The average Bonchev–Trinajstić information content (AvgIpc) is 2.41. The fourth-order valence-electron chi connectivity index (χ4n) is 1.85. The van der Waals surface area contributed by atoms with E-state index in [1.165, 1.54) is 18.5 Å². The minimum Gasteiger partial charge on any atom is -0.378 e. The van der Waals surface area contributed by atoms with E-state index >= 15 is 0 Å². The Morgan fingerprint density at radius 3 is 2.48 bits per heavy atom. The molecular formula is C14H17N3O3S. The summed E-state index contributed by atoms with van der Waals surface area (Å²) in [5, 5.41) is 0. The van der Waals surface area contributed by atoms with Crippen LogP contribution in [0.5, 0.6) is 0 Å². The summed E-state index contributed by atoms with van der Waals surface area (Å²) in [6.07, 6.45) is 2.56. The van der Waals surface area contributed by atoms with Crippen molar-refractivity contribution < 1.29 is 8.42 Å². The van der Waals surface area contributed by atoms with Gasteiger partial charge in [0.1, 0.15) is 0 Å². The van der Waals surface area contributed by atoms with Crippen LogP contribution < -0.4 is 15.1 Å². The minimum absolute atomic E-state index is 0.305. The topological polar surface area (TPSA) is 82.3 Å². The van der Waals surface area contributed by atoms with Crippen LogP contribution in [-0.2, 0) is 10.0 Å². The lowest BCUT2D eigenvalue weighted by molar-refractivity contribution is 0.600. The van der Waals surface area contributed by atoms with Gasteiger partial charge in [0, 0.05) is 38.2 Å². The van der Waals surface area contributed by atoms with Gasteiger partial charge in [-0.1, -0.05) is 0 Å². The van der Waals surface area contributed by atoms with Crippen LogP contribution in [0.3, 0.4) is 0 Å². The van der Waals surface area contributed by atoms with E-state index in [4.69, 9.17) is 0 Å². The molecule has 0 amide bonds. The Labute approximate surface area is 123 Å². The monoisotopic (exact) mass is 307 g/mol. The molecule has 0 saturated carbocycles. The second-order valence-corrected chi connectivity index (χ2v) is 6.52. The van der Waals surface area contributed by atoms with E-state index < -0.39 is 15.5 Å². The van der Waals surface area contributed by atoms with Crippen molar-refractivity contribution in [1.82, 2.24) is 4.98 Å². The lowest BCUT2D eigenvalue weighted by atomic mass is 10.2. The molecule has 0 radical (unpaired) electrons. The molecule has 112 valence electrons. The largest absolute Gasteiger partial charge is 0.378 e. The van der Waals surface area contributed by atoms with Gasteiger partial charge in [-0.25, -0.2) is 8.42 Å². The van der Waals surface area contributed by atoms with E-state index in [0.29, 0.717) is 5.69 Å². The Morgan fingerprint density at radius 1 is 1.19 bits per heavy atom. The first kappa shape index (κ1) is 15.1. The second kappa shape index (κ2) is 5.61. The lowest BCUT2D eigenvalue weighted by Crippen LogP contribution is -2.21. The fraction of sp³-hybridized carbons (Fsp3) is 0.214. The molecule has 0 unspecified atom stereocenters. The first-order valence-corrected chi connectivity index (χ1v) is 7.77. The molecule has 0 aliphatic rings. The van der Waals surface area contributed by atoms with Crippen molar-refractivity contribution in [2.75, 3.05) is 23.7 Å². The molecule has 21 heavy (non-hydrogen) atoms. The molecule has 0 aliphatic heterocycles. The molecule has 2 rings (SSSR count). The quantitative estimate of drug-likeness (QED) is 0.898. The highest BCUT2D eigenvalue weighted by atomic mass is 32.2. The number of aromatic amines is 1. The van der Waals surface area contributed by atoms with Crippen molar-refractivity contribution in [3.63, 3.8) is 0 Å². The van der Waals surface area contributed by atoms with Gasteiger partial charge >= 0.3 is 0 Å².